The van der Waals surface area contributed by atoms with E-state index in [9.17, 15) is 4.79 Å². The van der Waals surface area contributed by atoms with Gasteiger partial charge in [-0.15, -0.1) is 11.8 Å². The number of nitrogens with zero attached hydrogens (tertiary/aromatic N) is 3. The second-order valence-electron chi connectivity index (χ2n) is 4.90. The zero-order valence-corrected chi connectivity index (χ0v) is 12.7. The number of hydrogen-bond donors (Lipinski definition) is 1. The van der Waals surface area contributed by atoms with Crippen molar-refractivity contribution in [1.29, 1.82) is 0 Å². The molecule has 110 valence electrons. The molecule has 0 unspecified atom stereocenters. The van der Waals surface area contributed by atoms with Crippen LogP contribution in [0.25, 0.3) is 0 Å². The number of thioether (sulfide) groups is 1. The van der Waals surface area contributed by atoms with Gasteiger partial charge in [-0.25, -0.2) is 9.97 Å². The van der Waals surface area contributed by atoms with Crippen molar-refractivity contribution in [3.05, 3.63) is 18.5 Å². The molecular formula is C14H22N4OS. The van der Waals surface area contributed by atoms with Gasteiger partial charge in [-0.2, -0.15) is 0 Å². The summed E-state index contributed by atoms with van der Waals surface area (Å²) >= 11 is 1.73. The molecule has 1 aliphatic rings. The molecule has 2 rings (SSSR count). The third-order valence-electron chi connectivity index (χ3n) is 3.30. The number of aromatic nitrogens is 2. The van der Waals surface area contributed by atoms with E-state index >= 15 is 0 Å². The molecule has 0 aliphatic carbocycles. The van der Waals surface area contributed by atoms with Gasteiger partial charge < -0.3 is 10.2 Å². The molecule has 1 atom stereocenters. The second kappa shape index (κ2) is 8.09. The van der Waals surface area contributed by atoms with Crippen LogP contribution in [-0.2, 0) is 4.79 Å². The fourth-order valence-electron chi connectivity index (χ4n) is 2.19. The van der Waals surface area contributed by atoms with Crippen molar-refractivity contribution >= 4 is 23.6 Å². The number of likely N-dealkylation sites (tertiary alicyclic amines) is 1. The fraction of sp³-hybridized carbons (Fsp3) is 0.643. The number of nitrogens with one attached hydrogen (secondary N) is 1. The first-order valence-electron chi connectivity index (χ1n) is 7.18. The predicted molar refractivity (Wildman–Crippen MR) is 82.9 cm³/mol. The molecule has 0 radical (unpaired) electrons. The Labute approximate surface area is 124 Å². The summed E-state index contributed by atoms with van der Waals surface area (Å²) in [4.78, 5) is 22.3. The quantitative estimate of drug-likeness (QED) is 0.780. The third-order valence-corrected chi connectivity index (χ3v) is 4.53. The Bertz CT molecular complexity index is 409. The first-order chi connectivity index (χ1) is 9.77. The van der Waals surface area contributed by atoms with Crippen LogP contribution < -0.4 is 5.32 Å². The van der Waals surface area contributed by atoms with Crippen LogP contribution in [0.3, 0.4) is 0 Å². The van der Waals surface area contributed by atoms with Gasteiger partial charge in [0, 0.05) is 32.0 Å². The van der Waals surface area contributed by atoms with E-state index in [4.69, 9.17) is 0 Å². The Morgan fingerprint density at radius 1 is 1.40 bits per heavy atom. The second-order valence-corrected chi connectivity index (χ2v) is 6.35. The Morgan fingerprint density at radius 3 is 2.80 bits per heavy atom. The molecular weight excluding hydrogens is 272 g/mol. The van der Waals surface area contributed by atoms with Crippen molar-refractivity contribution in [3.63, 3.8) is 0 Å². The molecule has 0 spiro atoms. The Balaban J connectivity index is 1.57. The highest BCUT2D eigenvalue weighted by atomic mass is 32.2. The van der Waals surface area contributed by atoms with E-state index in [1.54, 1.807) is 30.2 Å². The molecule has 1 aromatic rings. The van der Waals surface area contributed by atoms with Crippen molar-refractivity contribution < 1.29 is 4.79 Å². The first-order valence-corrected chi connectivity index (χ1v) is 8.23. The Kier molecular flexibility index (Phi) is 6.11. The highest BCUT2D eigenvalue weighted by molar-refractivity contribution is 8.00. The number of amides is 1. The molecule has 1 N–H and O–H groups in total. The predicted octanol–water partition coefficient (Wildman–Crippen LogP) is 2.02. The maximum Gasteiger partial charge on any atom is 0.235 e. The van der Waals surface area contributed by atoms with Gasteiger partial charge in [0.25, 0.3) is 0 Å². The van der Waals surface area contributed by atoms with Gasteiger partial charge >= 0.3 is 0 Å². The lowest BCUT2D eigenvalue weighted by molar-refractivity contribution is -0.129. The van der Waals surface area contributed by atoms with E-state index < -0.39 is 0 Å². The topological polar surface area (TPSA) is 58.1 Å². The van der Waals surface area contributed by atoms with Gasteiger partial charge in [0.1, 0.15) is 0 Å². The van der Waals surface area contributed by atoms with E-state index in [0.29, 0.717) is 11.9 Å². The zero-order chi connectivity index (χ0) is 14.2. The molecule has 1 aromatic heterocycles. The number of anilines is 1. The van der Waals surface area contributed by atoms with Crippen molar-refractivity contribution in [1.82, 2.24) is 14.9 Å². The maximum atomic E-state index is 12.1. The lowest BCUT2D eigenvalue weighted by Gasteiger charge is -2.19. The molecule has 20 heavy (non-hydrogen) atoms. The minimum Gasteiger partial charge on any atom is -0.354 e. The lowest BCUT2D eigenvalue weighted by Crippen LogP contribution is -2.34. The monoisotopic (exact) mass is 294 g/mol. The minimum atomic E-state index is 0.0704. The summed E-state index contributed by atoms with van der Waals surface area (Å²) in [5.74, 6) is 1.94. The van der Waals surface area contributed by atoms with Crippen molar-refractivity contribution in [2.45, 2.75) is 31.4 Å². The summed E-state index contributed by atoms with van der Waals surface area (Å²) in [7, 11) is 0. The van der Waals surface area contributed by atoms with Crippen molar-refractivity contribution in [2.75, 3.05) is 30.7 Å². The van der Waals surface area contributed by atoms with Crippen LogP contribution >= 0.6 is 11.8 Å². The van der Waals surface area contributed by atoms with E-state index in [0.717, 1.165) is 44.6 Å². The van der Waals surface area contributed by atoms with Gasteiger partial charge in [-0.05, 0) is 38.0 Å². The van der Waals surface area contributed by atoms with Crippen LogP contribution in [0.4, 0.5) is 5.95 Å². The summed E-state index contributed by atoms with van der Waals surface area (Å²) in [5.41, 5.74) is 0. The highest BCUT2D eigenvalue weighted by Gasteiger charge is 2.22. The molecule has 1 amide bonds. The largest absolute Gasteiger partial charge is 0.354 e. The summed E-state index contributed by atoms with van der Waals surface area (Å²) in [5, 5.41) is 3.24. The summed E-state index contributed by atoms with van der Waals surface area (Å²) in [6, 6.07) is 1.80. The molecule has 5 nitrogen and oxygen atoms in total. The Hall–Kier alpha value is -1.30. The van der Waals surface area contributed by atoms with E-state index in [1.807, 2.05) is 11.8 Å². The van der Waals surface area contributed by atoms with Crippen molar-refractivity contribution in [3.8, 4) is 0 Å². The molecule has 0 aromatic carbocycles. The van der Waals surface area contributed by atoms with Crippen LogP contribution in [0.15, 0.2) is 18.5 Å². The fourth-order valence-corrected chi connectivity index (χ4v) is 3.14. The standard InChI is InChI=1S/C14H22N4OS/c1-12(13(19)18-9-2-3-10-18)20-11-5-8-17-14-15-6-4-7-16-14/h4,6-7,12H,2-3,5,8-11H2,1H3,(H,15,16,17)/t12-/m0/s1. The van der Waals surface area contributed by atoms with Gasteiger partial charge in [0.05, 0.1) is 5.25 Å². The number of carbonyl (C=O) groups is 1. The normalized spacial score (nSPS) is 16.1. The first kappa shape index (κ1) is 15.1. The molecule has 2 heterocycles. The van der Waals surface area contributed by atoms with Crippen LogP contribution in [0.2, 0.25) is 0 Å². The van der Waals surface area contributed by atoms with Gasteiger partial charge in [0.2, 0.25) is 11.9 Å². The Morgan fingerprint density at radius 2 is 2.10 bits per heavy atom. The SMILES string of the molecule is C[C@H](SCCCNc1ncccn1)C(=O)N1CCCC1. The van der Waals surface area contributed by atoms with Crippen LogP contribution in [0.1, 0.15) is 26.2 Å². The maximum absolute atomic E-state index is 12.1. The van der Waals surface area contributed by atoms with E-state index in [2.05, 4.69) is 15.3 Å². The number of carbonyl (C=O) groups excluding carboxylic acids is 1. The molecule has 6 heteroatoms. The van der Waals surface area contributed by atoms with Gasteiger partial charge in [-0.1, -0.05) is 0 Å². The average Bonchev–Trinajstić information content (AvgIpc) is 3.01. The smallest absolute Gasteiger partial charge is 0.235 e. The summed E-state index contributed by atoms with van der Waals surface area (Å²) in [6.07, 6.45) is 6.76. The molecule has 0 saturated carbocycles. The lowest BCUT2D eigenvalue weighted by atomic mass is 10.4. The molecule has 1 fully saturated rings. The average molecular weight is 294 g/mol. The van der Waals surface area contributed by atoms with Gasteiger partial charge in [-0.3, -0.25) is 4.79 Å². The number of hydrogen-bond acceptors (Lipinski definition) is 5. The molecule has 1 saturated heterocycles. The van der Waals surface area contributed by atoms with E-state index in [1.165, 1.54) is 0 Å². The molecule has 0 bridgehead atoms. The van der Waals surface area contributed by atoms with Crippen LogP contribution in [0, 0.1) is 0 Å². The van der Waals surface area contributed by atoms with Crippen molar-refractivity contribution in [2.24, 2.45) is 0 Å². The van der Waals surface area contributed by atoms with E-state index in [-0.39, 0.29) is 5.25 Å². The molecule has 1 aliphatic heterocycles. The van der Waals surface area contributed by atoms with Crippen LogP contribution in [-0.4, -0.2) is 51.4 Å². The zero-order valence-electron chi connectivity index (χ0n) is 11.9. The summed E-state index contributed by atoms with van der Waals surface area (Å²) < 4.78 is 0. The summed E-state index contributed by atoms with van der Waals surface area (Å²) in [6.45, 7) is 4.73. The minimum absolute atomic E-state index is 0.0704. The van der Waals surface area contributed by atoms with Crippen LogP contribution in [0.5, 0.6) is 0 Å². The third kappa shape index (κ3) is 4.67. The highest BCUT2D eigenvalue weighted by Crippen LogP contribution is 2.17. The van der Waals surface area contributed by atoms with Gasteiger partial charge in [0.15, 0.2) is 0 Å². The number of rotatable bonds is 7.